The molecule has 1 aromatic carbocycles. The van der Waals surface area contributed by atoms with Gasteiger partial charge >= 0.3 is 5.97 Å². The lowest BCUT2D eigenvalue weighted by molar-refractivity contribution is -0.137. The van der Waals surface area contributed by atoms with Gasteiger partial charge in [0.2, 0.25) is 0 Å². The van der Waals surface area contributed by atoms with Crippen LogP contribution in [-0.2, 0) is 25.1 Å². The van der Waals surface area contributed by atoms with Gasteiger partial charge in [-0.15, -0.1) is 0 Å². The van der Waals surface area contributed by atoms with Gasteiger partial charge in [0.15, 0.2) is 15.1 Å². The van der Waals surface area contributed by atoms with Gasteiger partial charge in [0.1, 0.15) is 0 Å². The largest absolute Gasteiger partial charge is 0.480 e. The van der Waals surface area contributed by atoms with Gasteiger partial charge in [-0.2, -0.15) is 0 Å². The number of hydrogen-bond acceptors (Lipinski definition) is 4. The predicted molar refractivity (Wildman–Crippen MR) is 67.4 cm³/mol. The molecular formula is C11H13ClO5S. The molecule has 1 N–H and O–H groups in total. The Balaban J connectivity index is 3.00. The van der Waals surface area contributed by atoms with E-state index < -0.39 is 26.8 Å². The monoisotopic (exact) mass is 292 g/mol. The summed E-state index contributed by atoms with van der Waals surface area (Å²) in [5.41, 5.74) is 0.376. The van der Waals surface area contributed by atoms with Crippen LogP contribution in [0.4, 0.5) is 0 Å². The SMILES string of the molecule is COCC(C(=O)O)S(=O)(=O)Cc1ccccc1Cl. The molecule has 1 rings (SSSR count). The minimum Gasteiger partial charge on any atom is -0.480 e. The maximum Gasteiger partial charge on any atom is 0.324 e. The molecule has 0 fully saturated rings. The summed E-state index contributed by atoms with van der Waals surface area (Å²) in [6.07, 6.45) is 0. The van der Waals surface area contributed by atoms with Crippen LogP contribution >= 0.6 is 11.6 Å². The molecule has 7 heteroatoms. The lowest BCUT2D eigenvalue weighted by Gasteiger charge is -2.13. The van der Waals surface area contributed by atoms with Crippen LogP contribution in [-0.4, -0.2) is 38.5 Å². The quantitative estimate of drug-likeness (QED) is 0.856. The number of benzene rings is 1. The number of ether oxygens (including phenoxy) is 1. The van der Waals surface area contributed by atoms with Gasteiger partial charge in [0.25, 0.3) is 0 Å². The van der Waals surface area contributed by atoms with Crippen molar-refractivity contribution in [3.63, 3.8) is 0 Å². The maximum atomic E-state index is 12.0. The second kappa shape index (κ2) is 6.17. The van der Waals surface area contributed by atoms with Crippen LogP contribution in [0.25, 0.3) is 0 Å². The Morgan fingerprint density at radius 1 is 1.44 bits per heavy atom. The third kappa shape index (κ3) is 3.69. The van der Waals surface area contributed by atoms with Crippen molar-refractivity contribution in [3.05, 3.63) is 34.9 Å². The van der Waals surface area contributed by atoms with Crippen molar-refractivity contribution in [2.45, 2.75) is 11.0 Å². The number of carbonyl (C=O) groups is 1. The molecule has 0 saturated carbocycles. The molecular weight excluding hydrogens is 280 g/mol. The third-order valence-electron chi connectivity index (χ3n) is 2.34. The van der Waals surface area contributed by atoms with E-state index in [0.717, 1.165) is 0 Å². The van der Waals surface area contributed by atoms with Gasteiger partial charge in [-0.1, -0.05) is 29.8 Å². The molecule has 5 nitrogen and oxygen atoms in total. The molecule has 18 heavy (non-hydrogen) atoms. The molecule has 100 valence electrons. The highest BCUT2D eigenvalue weighted by molar-refractivity contribution is 7.92. The van der Waals surface area contributed by atoms with Crippen molar-refractivity contribution in [2.75, 3.05) is 13.7 Å². The molecule has 0 heterocycles. The van der Waals surface area contributed by atoms with Crippen molar-refractivity contribution >= 4 is 27.4 Å². The van der Waals surface area contributed by atoms with Gasteiger partial charge in [-0.3, -0.25) is 4.79 Å². The average molecular weight is 293 g/mol. The first-order chi connectivity index (χ1) is 8.38. The third-order valence-corrected chi connectivity index (χ3v) is 4.63. The van der Waals surface area contributed by atoms with Crippen LogP contribution in [0.5, 0.6) is 0 Å². The molecule has 0 bridgehead atoms. The summed E-state index contributed by atoms with van der Waals surface area (Å²) in [6, 6.07) is 6.41. The fourth-order valence-electron chi connectivity index (χ4n) is 1.41. The topological polar surface area (TPSA) is 80.7 Å². The number of aliphatic carboxylic acids is 1. The first-order valence-corrected chi connectivity index (χ1v) is 7.14. The molecule has 1 unspecified atom stereocenters. The minimum atomic E-state index is -3.87. The van der Waals surface area contributed by atoms with Crippen LogP contribution in [0, 0.1) is 0 Å². The number of carboxylic acids is 1. The van der Waals surface area contributed by atoms with E-state index in [1.165, 1.54) is 7.11 Å². The fourth-order valence-corrected chi connectivity index (χ4v) is 3.23. The van der Waals surface area contributed by atoms with Gasteiger partial charge in [-0.05, 0) is 11.6 Å². The molecule has 0 saturated heterocycles. The van der Waals surface area contributed by atoms with Crippen molar-refractivity contribution in [3.8, 4) is 0 Å². The highest BCUT2D eigenvalue weighted by Crippen LogP contribution is 2.20. The zero-order valence-electron chi connectivity index (χ0n) is 9.67. The smallest absolute Gasteiger partial charge is 0.324 e. The molecule has 0 aliphatic carbocycles. The van der Waals surface area contributed by atoms with Crippen LogP contribution in [0.2, 0.25) is 5.02 Å². The lowest BCUT2D eigenvalue weighted by atomic mass is 10.2. The van der Waals surface area contributed by atoms with E-state index in [4.69, 9.17) is 16.7 Å². The molecule has 0 amide bonds. The molecule has 0 aliphatic rings. The summed E-state index contributed by atoms with van der Waals surface area (Å²) in [5, 5.41) is 7.60. The van der Waals surface area contributed by atoms with Gasteiger partial charge in [-0.25, -0.2) is 8.42 Å². The molecule has 0 aromatic heterocycles. The molecule has 1 aromatic rings. The fraction of sp³-hybridized carbons (Fsp3) is 0.364. The van der Waals surface area contributed by atoms with E-state index in [1.54, 1.807) is 24.3 Å². The number of halogens is 1. The zero-order chi connectivity index (χ0) is 13.8. The second-order valence-corrected chi connectivity index (χ2v) is 6.27. The van der Waals surface area contributed by atoms with E-state index in [0.29, 0.717) is 10.6 Å². The number of sulfone groups is 1. The van der Waals surface area contributed by atoms with Crippen LogP contribution in [0.15, 0.2) is 24.3 Å². The van der Waals surface area contributed by atoms with Gasteiger partial charge < -0.3 is 9.84 Å². The van der Waals surface area contributed by atoms with E-state index in [-0.39, 0.29) is 6.61 Å². The van der Waals surface area contributed by atoms with E-state index in [9.17, 15) is 13.2 Å². The Bertz CT molecular complexity index is 526. The van der Waals surface area contributed by atoms with Gasteiger partial charge in [0, 0.05) is 12.1 Å². The second-order valence-electron chi connectivity index (χ2n) is 3.68. The highest BCUT2D eigenvalue weighted by atomic mass is 35.5. The van der Waals surface area contributed by atoms with Crippen molar-refractivity contribution < 1.29 is 23.1 Å². The van der Waals surface area contributed by atoms with Crippen LogP contribution < -0.4 is 0 Å². The number of methoxy groups -OCH3 is 1. The Labute approximate surface area is 110 Å². The Hall–Kier alpha value is -1.11. The summed E-state index contributed by atoms with van der Waals surface area (Å²) in [5.74, 6) is -1.85. The number of rotatable bonds is 6. The highest BCUT2D eigenvalue weighted by Gasteiger charge is 2.32. The molecule has 1 atom stereocenters. The summed E-state index contributed by atoms with van der Waals surface area (Å²) in [6.45, 7) is -0.387. The van der Waals surface area contributed by atoms with Crippen molar-refractivity contribution in [1.82, 2.24) is 0 Å². The van der Waals surface area contributed by atoms with E-state index in [1.807, 2.05) is 0 Å². The first-order valence-electron chi connectivity index (χ1n) is 5.05. The minimum absolute atomic E-state index is 0.294. The number of hydrogen-bond donors (Lipinski definition) is 1. The summed E-state index contributed by atoms with van der Waals surface area (Å²) < 4.78 is 28.6. The summed E-state index contributed by atoms with van der Waals surface area (Å²) >= 11 is 5.85. The normalized spacial score (nSPS) is 13.2. The molecule has 0 spiro atoms. The maximum absolute atomic E-state index is 12.0. The van der Waals surface area contributed by atoms with Crippen molar-refractivity contribution in [1.29, 1.82) is 0 Å². The lowest BCUT2D eigenvalue weighted by Crippen LogP contribution is -2.35. The summed E-state index contributed by atoms with van der Waals surface area (Å²) in [4.78, 5) is 10.9. The van der Waals surface area contributed by atoms with Crippen molar-refractivity contribution in [2.24, 2.45) is 0 Å². The molecule has 0 radical (unpaired) electrons. The Morgan fingerprint density at radius 3 is 2.56 bits per heavy atom. The van der Waals surface area contributed by atoms with Crippen LogP contribution in [0.3, 0.4) is 0 Å². The predicted octanol–water partition coefficient (Wildman–Crippen LogP) is 1.35. The summed E-state index contributed by atoms with van der Waals surface area (Å²) in [7, 11) is -2.62. The van der Waals surface area contributed by atoms with E-state index >= 15 is 0 Å². The zero-order valence-corrected chi connectivity index (χ0v) is 11.2. The Kier molecular flexibility index (Phi) is 5.13. The van der Waals surface area contributed by atoms with Crippen LogP contribution in [0.1, 0.15) is 5.56 Å². The number of carboxylic acid groups (broad SMARTS) is 1. The molecule has 0 aliphatic heterocycles. The Morgan fingerprint density at radius 2 is 2.06 bits per heavy atom. The standard InChI is InChI=1S/C11H13ClO5S/c1-17-6-10(11(13)14)18(15,16)7-8-4-2-3-5-9(8)12/h2-5,10H,6-7H2,1H3,(H,13,14). The average Bonchev–Trinajstić information content (AvgIpc) is 2.28. The first kappa shape index (κ1) is 14.9. The van der Waals surface area contributed by atoms with E-state index in [2.05, 4.69) is 4.74 Å². The van der Waals surface area contributed by atoms with Gasteiger partial charge in [0.05, 0.1) is 12.4 Å².